The van der Waals surface area contributed by atoms with Crippen LogP contribution in [0.4, 0.5) is 0 Å². The van der Waals surface area contributed by atoms with Crippen molar-refractivity contribution in [3.05, 3.63) is 6.92 Å². The third kappa shape index (κ3) is 10.7. The Kier molecular flexibility index (Phi) is 18.0. The zero-order valence-corrected chi connectivity index (χ0v) is 7.24. The van der Waals surface area contributed by atoms with E-state index in [4.69, 9.17) is 0 Å². The Morgan fingerprint density at radius 2 is 1.80 bits per heavy atom. The summed E-state index contributed by atoms with van der Waals surface area (Å²) in [5, 5.41) is 0. The molecule has 0 N–H and O–H groups in total. The summed E-state index contributed by atoms with van der Waals surface area (Å²) in [7, 11) is 0. The van der Waals surface area contributed by atoms with E-state index in [9.17, 15) is 0 Å². The molecule has 0 atom stereocenters. The van der Waals surface area contributed by atoms with Crippen LogP contribution >= 0.6 is 0 Å². The molecule has 0 aromatic carbocycles. The molecule has 0 bridgehead atoms. The molecule has 0 aliphatic heterocycles. The van der Waals surface area contributed by atoms with Gasteiger partial charge in [0.2, 0.25) is 0 Å². The Hall–Kier alpha value is 1.64. The molecule has 0 aromatic heterocycles. The van der Waals surface area contributed by atoms with Crippen molar-refractivity contribution in [3.63, 3.8) is 0 Å². The third-order valence-corrected chi connectivity index (χ3v) is 0.354. The monoisotopic (exact) mass is 96.0 g/mol. The zero-order chi connectivity index (χ0) is 3.41. The van der Waals surface area contributed by atoms with E-state index in [1.807, 2.05) is 0 Å². The molecular formula is C4H9K. The quantitative estimate of drug-likeness (QED) is 0.279. The molecule has 0 aromatic rings. The van der Waals surface area contributed by atoms with Gasteiger partial charge in [0.25, 0.3) is 0 Å². The zero-order valence-electron chi connectivity index (χ0n) is 4.12. The number of unbranched alkanes of at least 4 members (excludes halogenated alkanes) is 1. The van der Waals surface area contributed by atoms with E-state index in [0.717, 1.165) is 6.42 Å². The van der Waals surface area contributed by atoms with E-state index in [2.05, 4.69) is 13.8 Å². The van der Waals surface area contributed by atoms with Gasteiger partial charge < -0.3 is 6.92 Å². The first-order valence-electron chi connectivity index (χ1n) is 1.71. The Morgan fingerprint density at radius 3 is 1.80 bits per heavy atom. The third-order valence-electron chi connectivity index (χ3n) is 0.354. The summed E-state index contributed by atoms with van der Waals surface area (Å²) < 4.78 is 0. The van der Waals surface area contributed by atoms with E-state index in [1.165, 1.54) is 6.42 Å². The second-order valence-corrected chi connectivity index (χ2v) is 0.854. The fourth-order valence-electron chi connectivity index (χ4n) is 0. The van der Waals surface area contributed by atoms with E-state index >= 15 is 0 Å². The SMILES string of the molecule is [CH2-]CCC.[K+]. The van der Waals surface area contributed by atoms with E-state index < -0.39 is 0 Å². The summed E-state index contributed by atoms with van der Waals surface area (Å²) in [5.74, 6) is 0. The molecule has 0 saturated heterocycles. The fraction of sp³-hybridized carbons (Fsp3) is 0.750. The van der Waals surface area contributed by atoms with E-state index in [0.29, 0.717) is 0 Å². The second kappa shape index (κ2) is 9.16. The summed E-state index contributed by atoms with van der Waals surface area (Å²) >= 11 is 0. The van der Waals surface area contributed by atoms with Crippen LogP contribution in [-0.4, -0.2) is 0 Å². The first kappa shape index (κ1) is 9.81. The van der Waals surface area contributed by atoms with Crippen LogP contribution in [0.3, 0.4) is 0 Å². The molecule has 5 heavy (non-hydrogen) atoms. The Labute approximate surface area is 76.8 Å². The van der Waals surface area contributed by atoms with Crippen LogP contribution in [-0.2, 0) is 0 Å². The van der Waals surface area contributed by atoms with Gasteiger partial charge in [-0.1, -0.05) is 13.3 Å². The molecule has 0 fully saturated rings. The summed E-state index contributed by atoms with van der Waals surface area (Å²) in [4.78, 5) is 0. The van der Waals surface area contributed by atoms with Gasteiger partial charge in [0.05, 0.1) is 0 Å². The molecular weight excluding hydrogens is 87.1 g/mol. The van der Waals surface area contributed by atoms with Crippen LogP contribution in [0.2, 0.25) is 0 Å². The van der Waals surface area contributed by atoms with Gasteiger partial charge in [-0.3, -0.25) is 0 Å². The van der Waals surface area contributed by atoms with E-state index in [1.54, 1.807) is 0 Å². The predicted octanol–water partition coefficient (Wildman–Crippen LogP) is -1.38. The van der Waals surface area contributed by atoms with Gasteiger partial charge in [-0.2, -0.15) is 6.42 Å². The van der Waals surface area contributed by atoms with Crippen LogP contribution in [0.5, 0.6) is 0 Å². The molecule has 0 unspecified atom stereocenters. The van der Waals surface area contributed by atoms with E-state index in [-0.39, 0.29) is 51.4 Å². The molecule has 0 saturated carbocycles. The number of hydrogen-bond donors (Lipinski definition) is 0. The summed E-state index contributed by atoms with van der Waals surface area (Å²) in [6, 6.07) is 0. The van der Waals surface area contributed by atoms with Crippen molar-refractivity contribution in [2.45, 2.75) is 19.8 Å². The summed E-state index contributed by atoms with van der Waals surface area (Å²) in [6.45, 7) is 5.72. The van der Waals surface area contributed by atoms with Crippen molar-refractivity contribution in [1.29, 1.82) is 0 Å². The van der Waals surface area contributed by atoms with Gasteiger partial charge in [-0.05, 0) is 0 Å². The normalized spacial score (nSPS) is 6.00. The maximum atomic E-state index is 3.60. The molecule has 0 rings (SSSR count). The first-order chi connectivity index (χ1) is 1.91. The minimum Gasteiger partial charge on any atom is -0.343 e. The minimum absolute atomic E-state index is 0. The number of rotatable bonds is 1. The molecule has 1 heteroatoms. The van der Waals surface area contributed by atoms with Gasteiger partial charge in [0.15, 0.2) is 0 Å². The molecule has 0 heterocycles. The molecule has 0 spiro atoms. The van der Waals surface area contributed by atoms with Crippen molar-refractivity contribution in [1.82, 2.24) is 0 Å². The molecule has 0 amide bonds. The number of hydrogen-bond acceptors (Lipinski definition) is 0. The maximum Gasteiger partial charge on any atom is 1.00 e. The van der Waals surface area contributed by atoms with Gasteiger partial charge in [-0.15, -0.1) is 0 Å². The predicted molar refractivity (Wildman–Crippen MR) is 20.3 cm³/mol. The molecule has 0 nitrogen and oxygen atoms in total. The van der Waals surface area contributed by atoms with Crippen LogP contribution in [0.25, 0.3) is 0 Å². The van der Waals surface area contributed by atoms with Crippen LogP contribution in [0, 0.1) is 6.92 Å². The standard InChI is InChI=1S/C4H9.K/c1-3-4-2;/h1,3-4H2,2H3;/q-1;+1. The molecule has 0 aliphatic carbocycles. The van der Waals surface area contributed by atoms with Crippen molar-refractivity contribution < 1.29 is 51.4 Å². The maximum absolute atomic E-state index is 3.60. The fourth-order valence-corrected chi connectivity index (χ4v) is 0. The minimum atomic E-state index is 0. The Bertz CT molecular complexity index is 5.61. The first-order valence-corrected chi connectivity index (χ1v) is 1.71. The summed E-state index contributed by atoms with van der Waals surface area (Å²) in [5.41, 5.74) is 0. The van der Waals surface area contributed by atoms with Crippen LogP contribution < -0.4 is 51.4 Å². The molecule has 26 valence electrons. The average molecular weight is 96.2 g/mol. The topological polar surface area (TPSA) is 0 Å². The van der Waals surface area contributed by atoms with Crippen molar-refractivity contribution in [3.8, 4) is 0 Å². The van der Waals surface area contributed by atoms with Crippen molar-refractivity contribution in [2.24, 2.45) is 0 Å². The van der Waals surface area contributed by atoms with Gasteiger partial charge in [0.1, 0.15) is 0 Å². The Morgan fingerprint density at radius 1 is 1.60 bits per heavy atom. The average Bonchev–Trinajstić information content (AvgIpc) is 1.37. The Balaban J connectivity index is 0. The largest absolute Gasteiger partial charge is 1.00 e. The van der Waals surface area contributed by atoms with Gasteiger partial charge >= 0.3 is 51.4 Å². The second-order valence-electron chi connectivity index (χ2n) is 0.854. The van der Waals surface area contributed by atoms with Crippen molar-refractivity contribution >= 4 is 0 Å². The van der Waals surface area contributed by atoms with Gasteiger partial charge in [0, 0.05) is 0 Å². The van der Waals surface area contributed by atoms with Crippen LogP contribution in [0.1, 0.15) is 19.8 Å². The molecule has 0 aliphatic rings. The van der Waals surface area contributed by atoms with Crippen molar-refractivity contribution in [2.75, 3.05) is 0 Å². The summed E-state index contributed by atoms with van der Waals surface area (Å²) in [6.07, 6.45) is 2.28. The molecule has 0 radical (unpaired) electrons. The van der Waals surface area contributed by atoms with Crippen LogP contribution in [0.15, 0.2) is 0 Å². The smallest absolute Gasteiger partial charge is 0.343 e. The van der Waals surface area contributed by atoms with Gasteiger partial charge in [-0.25, -0.2) is 0 Å².